The summed E-state index contributed by atoms with van der Waals surface area (Å²) < 4.78 is 10.9. The van der Waals surface area contributed by atoms with Crippen LogP contribution >= 0.6 is 0 Å². The van der Waals surface area contributed by atoms with Crippen LogP contribution in [0.15, 0.2) is 109 Å². The third-order valence-corrected chi connectivity index (χ3v) is 9.71. The van der Waals surface area contributed by atoms with E-state index in [0.717, 1.165) is 5.56 Å². The van der Waals surface area contributed by atoms with E-state index in [-0.39, 0.29) is 50.3 Å². The molecule has 2 N–H and O–H groups in total. The molecule has 0 aromatic heterocycles. The van der Waals surface area contributed by atoms with Gasteiger partial charge in [-0.05, 0) is 60.9 Å². The second-order valence-corrected chi connectivity index (χ2v) is 13.1. The fourth-order valence-corrected chi connectivity index (χ4v) is 6.86. The normalized spacial score (nSPS) is 16.8. The number of benzene rings is 4. The van der Waals surface area contributed by atoms with E-state index < -0.39 is 17.4 Å². The van der Waals surface area contributed by atoms with Gasteiger partial charge in [-0.25, -0.2) is 0 Å². The number of nitrogens with zero attached hydrogens (tertiary/aromatic N) is 3. The second-order valence-electron chi connectivity index (χ2n) is 13.1. The van der Waals surface area contributed by atoms with Gasteiger partial charge in [0.2, 0.25) is 5.91 Å². The molecule has 4 aromatic carbocycles. The van der Waals surface area contributed by atoms with E-state index in [9.17, 15) is 29.4 Å². The Bertz CT molecular complexity index is 2010. The van der Waals surface area contributed by atoms with Gasteiger partial charge in [0.05, 0.1) is 30.7 Å². The van der Waals surface area contributed by atoms with Gasteiger partial charge in [0.1, 0.15) is 5.75 Å². The Morgan fingerprint density at radius 2 is 1.64 bits per heavy atom. The van der Waals surface area contributed by atoms with Crippen molar-refractivity contribution >= 4 is 40.8 Å². The number of unbranched alkanes of at least 4 members (excludes halogenated alkanes) is 1. The summed E-state index contributed by atoms with van der Waals surface area (Å²) in [7, 11) is 1.33. The third-order valence-electron chi connectivity index (χ3n) is 9.71. The van der Waals surface area contributed by atoms with Crippen molar-refractivity contribution in [1.82, 2.24) is 4.90 Å². The number of hydrogen-bond acceptors (Lipinski definition) is 8. The molecule has 11 nitrogen and oxygen atoms in total. The Hall–Kier alpha value is -5.78. The lowest BCUT2D eigenvalue weighted by Crippen LogP contribution is -2.44. The zero-order valence-corrected chi connectivity index (χ0v) is 29.8. The number of esters is 1. The van der Waals surface area contributed by atoms with E-state index in [2.05, 4.69) is 0 Å². The molecule has 274 valence electrons. The maximum absolute atomic E-state index is 14.3. The molecule has 0 saturated heterocycles. The van der Waals surface area contributed by atoms with Crippen LogP contribution in [-0.2, 0) is 31.3 Å². The number of anilines is 3. The number of hydrogen-bond donors (Lipinski definition) is 2. The summed E-state index contributed by atoms with van der Waals surface area (Å²) in [6, 6.07) is 28.8. The number of aliphatic hydroxyl groups excluding tert-OH is 1. The Labute approximate surface area is 308 Å². The van der Waals surface area contributed by atoms with Crippen molar-refractivity contribution in [2.45, 2.75) is 44.8 Å². The summed E-state index contributed by atoms with van der Waals surface area (Å²) in [5.74, 6) is -1.37. The minimum absolute atomic E-state index is 0.00987. The fourth-order valence-electron chi connectivity index (χ4n) is 6.86. The summed E-state index contributed by atoms with van der Waals surface area (Å²) in [4.78, 5) is 58.1. The minimum Gasteiger partial charge on any atom is -0.469 e. The summed E-state index contributed by atoms with van der Waals surface area (Å²) in [5, 5.41) is 22.1. The average Bonchev–Trinajstić information content (AvgIpc) is 3.30. The first kappa shape index (κ1) is 37.0. The lowest BCUT2D eigenvalue weighted by molar-refractivity contribution is -0.140. The van der Waals surface area contributed by atoms with Gasteiger partial charge < -0.3 is 29.5 Å². The predicted octanol–water partition coefficient (Wildman–Crippen LogP) is 6.25. The van der Waals surface area contributed by atoms with Crippen molar-refractivity contribution in [3.8, 4) is 11.5 Å². The minimum atomic E-state index is -2.05. The zero-order chi connectivity index (χ0) is 37.5. The van der Waals surface area contributed by atoms with E-state index in [4.69, 9.17) is 9.47 Å². The molecule has 4 aromatic rings. The predicted molar refractivity (Wildman–Crippen MR) is 200 cm³/mol. The number of rotatable bonds is 14. The van der Waals surface area contributed by atoms with Gasteiger partial charge >= 0.3 is 5.97 Å². The molecule has 0 saturated carbocycles. The van der Waals surface area contributed by atoms with Gasteiger partial charge in [-0.2, -0.15) is 0 Å². The van der Waals surface area contributed by atoms with Gasteiger partial charge in [-0.1, -0.05) is 73.7 Å². The standard InChI is InChI=1S/C42H43N3O8/c1-29(13-12-20-38(47)43(25-26-46)28-30-14-4-3-5-15-30)42(51)33-27-31(22-23-34(33)44(41(42)50)24-11-10-21-39(48)52-2)45-35-17-7-9-19-37(35)53-36-18-8-6-16-32(36)40(45)49/h3-9,12-19,22-23,27,29,46,51H,10-11,20-21,24-26,28H2,1-2H3/b13-12+/t29-,42+/m1/s1. The average molecular weight is 718 g/mol. The van der Waals surface area contributed by atoms with E-state index in [0.29, 0.717) is 59.1 Å². The molecule has 11 heteroatoms. The SMILES string of the molecule is COC(=O)CCCCN1C(=O)[C@](O)([C@H](C)/C=C/CC(=O)N(CCO)Cc2ccccc2)c2cc(N3C(=O)c4ccccc4Oc4ccccc43)ccc21. The molecule has 0 bridgehead atoms. The molecule has 0 radical (unpaired) electrons. The second kappa shape index (κ2) is 16.3. The number of methoxy groups -OCH3 is 1. The quantitative estimate of drug-likeness (QED) is 0.0888. The molecule has 2 heterocycles. The number of aliphatic hydroxyl groups is 2. The van der Waals surface area contributed by atoms with E-state index in [1.807, 2.05) is 36.4 Å². The van der Waals surface area contributed by atoms with Crippen molar-refractivity contribution in [3.05, 3.63) is 126 Å². The topological polar surface area (TPSA) is 137 Å². The van der Waals surface area contributed by atoms with Crippen LogP contribution in [-0.4, -0.2) is 65.6 Å². The monoisotopic (exact) mass is 717 g/mol. The number of fused-ring (bicyclic) bond motifs is 3. The van der Waals surface area contributed by atoms with Crippen molar-refractivity contribution in [2.75, 3.05) is 36.6 Å². The van der Waals surface area contributed by atoms with Crippen LogP contribution in [0.4, 0.5) is 17.1 Å². The molecular weight excluding hydrogens is 674 g/mol. The fraction of sp³-hybridized carbons (Fsp3) is 0.286. The van der Waals surface area contributed by atoms with Crippen molar-refractivity contribution in [1.29, 1.82) is 0 Å². The molecule has 6 rings (SSSR count). The van der Waals surface area contributed by atoms with Crippen LogP contribution in [0.25, 0.3) is 0 Å². The Kier molecular flexibility index (Phi) is 11.4. The zero-order valence-electron chi connectivity index (χ0n) is 29.8. The van der Waals surface area contributed by atoms with Crippen LogP contribution in [0, 0.1) is 5.92 Å². The van der Waals surface area contributed by atoms with Gasteiger partial charge in [-0.3, -0.25) is 24.1 Å². The lowest BCUT2D eigenvalue weighted by Gasteiger charge is -2.28. The van der Waals surface area contributed by atoms with E-state index >= 15 is 0 Å². The highest BCUT2D eigenvalue weighted by atomic mass is 16.5. The highest BCUT2D eigenvalue weighted by Gasteiger charge is 2.52. The van der Waals surface area contributed by atoms with Crippen LogP contribution < -0.4 is 14.5 Å². The maximum atomic E-state index is 14.3. The van der Waals surface area contributed by atoms with Crippen LogP contribution in [0.1, 0.15) is 54.1 Å². The number of para-hydroxylation sites is 3. The first-order valence-electron chi connectivity index (χ1n) is 17.7. The van der Waals surface area contributed by atoms with E-state index in [1.54, 1.807) is 84.6 Å². The van der Waals surface area contributed by atoms with Gasteiger partial charge in [-0.15, -0.1) is 0 Å². The first-order valence-corrected chi connectivity index (χ1v) is 17.7. The molecular formula is C42H43N3O8. The summed E-state index contributed by atoms with van der Waals surface area (Å²) >= 11 is 0. The highest BCUT2D eigenvalue weighted by molar-refractivity contribution is 6.15. The van der Waals surface area contributed by atoms with Crippen molar-refractivity contribution in [2.24, 2.45) is 5.92 Å². The van der Waals surface area contributed by atoms with Gasteiger partial charge in [0.15, 0.2) is 11.4 Å². The molecule has 0 spiro atoms. The Morgan fingerprint density at radius 1 is 0.925 bits per heavy atom. The highest BCUT2D eigenvalue weighted by Crippen LogP contribution is 2.49. The van der Waals surface area contributed by atoms with Crippen LogP contribution in [0.5, 0.6) is 11.5 Å². The van der Waals surface area contributed by atoms with E-state index in [1.165, 1.54) is 16.9 Å². The molecule has 2 aliphatic heterocycles. The molecule has 0 fully saturated rings. The Morgan fingerprint density at radius 3 is 2.40 bits per heavy atom. The summed E-state index contributed by atoms with van der Waals surface area (Å²) in [5.41, 5.74) is 0.947. The number of amides is 3. The Balaban J connectivity index is 1.33. The van der Waals surface area contributed by atoms with Crippen molar-refractivity contribution in [3.63, 3.8) is 0 Å². The summed E-state index contributed by atoms with van der Waals surface area (Å²) in [6.07, 6.45) is 4.43. The molecule has 53 heavy (non-hydrogen) atoms. The smallest absolute Gasteiger partial charge is 0.305 e. The van der Waals surface area contributed by atoms with Crippen LogP contribution in [0.2, 0.25) is 0 Å². The molecule has 0 unspecified atom stereocenters. The molecule has 2 atom stereocenters. The van der Waals surface area contributed by atoms with Crippen molar-refractivity contribution < 1.29 is 38.9 Å². The molecule has 3 amide bonds. The number of carbonyl (C=O) groups is 4. The lowest BCUT2D eigenvalue weighted by atomic mass is 9.82. The summed E-state index contributed by atoms with van der Waals surface area (Å²) in [6.45, 7) is 2.25. The van der Waals surface area contributed by atoms with Crippen LogP contribution in [0.3, 0.4) is 0 Å². The molecule has 2 aliphatic rings. The maximum Gasteiger partial charge on any atom is 0.305 e. The third kappa shape index (κ3) is 7.58. The number of carbonyl (C=O) groups excluding carboxylic acids is 4. The van der Waals surface area contributed by atoms with Gasteiger partial charge in [0, 0.05) is 49.6 Å². The first-order chi connectivity index (χ1) is 25.7. The van der Waals surface area contributed by atoms with Gasteiger partial charge in [0.25, 0.3) is 11.8 Å². The number of ether oxygens (including phenoxy) is 2. The molecule has 0 aliphatic carbocycles. The largest absolute Gasteiger partial charge is 0.469 e.